The van der Waals surface area contributed by atoms with Crippen LogP contribution in [0.2, 0.25) is 0 Å². The van der Waals surface area contributed by atoms with Crippen molar-refractivity contribution in [2.75, 3.05) is 19.7 Å². The van der Waals surface area contributed by atoms with Crippen molar-refractivity contribution in [3.05, 3.63) is 70.8 Å². The van der Waals surface area contributed by atoms with Crippen molar-refractivity contribution in [1.82, 2.24) is 14.7 Å². The Labute approximate surface area is 210 Å². The number of benzene rings is 2. The number of para-hydroxylation sites is 1. The molecule has 2 aliphatic heterocycles. The predicted octanol–water partition coefficient (Wildman–Crippen LogP) is 6.09. The van der Waals surface area contributed by atoms with Gasteiger partial charge in [-0.05, 0) is 80.4 Å². The summed E-state index contributed by atoms with van der Waals surface area (Å²) in [6.45, 7) is 6.58. The van der Waals surface area contributed by atoms with E-state index in [4.69, 9.17) is 9.84 Å². The van der Waals surface area contributed by atoms with Gasteiger partial charge in [0.25, 0.3) is 5.91 Å². The minimum absolute atomic E-state index is 0.171. The van der Waals surface area contributed by atoms with Gasteiger partial charge >= 0.3 is 0 Å². The largest absolute Gasteiger partial charge is 0.494 e. The Morgan fingerprint density at radius 3 is 2.54 bits per heavy atom. The molecule has 35 heavy (non-hydrogen) atoms. The molecule has 1 amide bonds. The lowest BCUT2D eigenvalue weighted by molar-refractivity contribution is -0.113. The van der Waals surface area contributed by atoms with Crippen LogP contribution in [0.15, 0.2) is 64.6 Å². The SMILES string of the molecule is CCOc1ccc(-c2nn(-c3ccccc3)cc2/C=C2\SC(N3CCCCCC3)=NC2=O)cc1C. The predicted molar refractivity (Wildman–Crippen MR) is 143 cm³/mol. The van der Waals surface area contributed by atoms with Crippen LogP contribution in [0, 0.1) is 6.92 Å². The molecular formula is C28H30N4O2S. The van der Waals surface area contributed by atoms with Crippen LogP contribution in [0.3, 0.4) is 0 Å². The fraction of sp³-hybridized carbons (Fsp3) is 0.321. The van der Waals surface area contributed by atoms with Gasteiger partial charge in [-0.1, -0.05) is 31.0 Å². The van der Waals surface area contributed by atoms with E-state index in [-0.39, 0.29) is 5.91 Å². The van der Waals surface area contributed by atoms with Crippen molar-refractivity contribution in [3.63, 3.8) is 0 Å². The highest BCUT2D eigenvalue weighted by atomic mass is 32.2. The molecule has 0 saturated carbocycles. The van der Waals surface area contributed by atoms with Crippen molar-refractivity contribution in [2.45, 2.75) is 39.5 Å². The van der Waals surface area contributed by atoms with Crippen LogP contribution >= 0.6 is 11.8 Å². The summed E-state index contributed by atoms with van der Waals surface area (Å²) in [4.78, 5) is 20.2. The van der Waals surface area contributed by atoms with E-state index in [1.54, 1.807) is 0 Å². The number of carbonyl (C=O) groups excluding carboxylic acids is 1. The van der Waals surface area contributed by atoms with E-state index in [2.05, 4.69) is 16.0 Å². The molecule has 0 spiro atoms. The first-order valence-corrected chi connectivity index (χ1v) is 13.1. The normalized spacial score (nSPS) is 17.5. The number of carbonyl (C=O) groups is 1. The van der Waals surface area contributed by atoms with Crippen molar-refractivity contribution in [1.29, 1.82) is 0 Å². The standard InChI is InChI=1S/C28H30N4O2S/c1-3-34-24-14-13-21(17-20(24)2)26-22(19-32(30-26)23-11-7-6-8-12-23)18-25-27(33)29-28(35-25)31-15-9-4-5-10-16-31/h6-8,11-14,17-19H,3-5,9-10,15-16H2,1-2H3/b25-18-. The number of aliphatic imine (C=N–C) groups is 1. The first-order chi connectivity index (χ1) is 17.1. The second-order valence-electron chi connectivity index (χ2n) is 8.84. The summed E-state index contributed by atoms with van der Waals surface area (Å²) in [6, 6.07) is 16.1. The topological polar surface area (TPSA) is 59.7 Å². The fourth-order valence-corrected chi connectivity index (χ4v) is 5.44. The summed E-state index contributed by atoms with van der Waals surface area (Å²) in [5.41, 5.74) is 4.71. The maximum atomic E-state index is 12.9. The molecule has 3 heterocycles. The summed E-state index contributed by atoms with van der Waals surface area (Å²) in [7, 11) is 0. The minimum atomic E-state index is -0.171. The lowest BCUT2D eigenvalue weighted by atomic mass is 10.0. The molecule has 0 aliphatic carbocycles. The highest BCUT2D eigenvalue weighted by Gasteiger charge is 2.27. The molecule has 1 saturated heterocycles. The summed E-state index contributed by atoms with van der Waals surface area (Å²) >= 11 is 1.48. The Kier molecular flexibility index (Phi) is 7.04. The number of amides is 1. The monoisotopic (exact) mass is 486 g/mol. The molecule has 0 unspecified atom stereocenters. The molecule has 1 aromatic heterocycles. The third-order valence-corrected chi connectivity index (χ3v) is 7.33. The average Bonchev–Trinajstić information content (AvgIpc) is 3.33. The Morgan fingerprint density at radius 1 is 1.06 bits per heavy atom. The molecule has 7 heteroatoms. The molecule has 1 fully saturated rings. The van der Waals surface area contributed by atoms with Crippen LogP contribution in [0.1, 0.15) is 43.7 Å². The summed E-state index contributed by atoms with van der Waals surface area (Å²) in [6.07, 6.45) is 8.72. The molecule has 5 rings (SSSR count). The van der Waals surface area contributed by atoms with E-state index >= 15 is 0 Å². The molecule has 2 aliphatic rings. The molecule has 0 bridgehead atoms. The first-order valence-electron chi connectivity index (χ1n) is 12.3. The number of thioether (sulfide) groups is 1. The van der Waals surface area contributed by atoms with Gasteiger partial charge < -0.3 is 9.64 Å². The van der Waals surface area contributed by atoms with Gasteiger partial charge in [0.05, 0.1) is 17.2 Å². The Hall–Kier alpha value is -3.32. The van der Waals surface area contributed by atoms with Crippen LogP contribution in [-0.2, 0) is 4.79 Å². The number of ether oxygens (including phenoxy) is 1. The Bertz CT molecular complexity index is 1270. The van der Waals surface area contributed by atoms with Gasteiger partial charge in [-0.15, -0.1) is 0 Å². The number of likely N-dealkylation sites (tertiary alicyclic amines) is 1. The van der Waals surface area contributed by atoms with E-state index in [0.29, 0.717) is 11.5 Å². The van der Waals surface area contributed by atoms with Crippen LogP contribution in [0.5, 0.6) is 5.75 Å². The van der Waals surface area contributed by atoms with E-state index in [1.807, 2.05) is 73.3 Å². The smallest absolute Gasteiger partial charge is 0.286 e. The summed E-state index contributed by atoms with van der Waals surface area (Å²) < 4.78 is 7.60. The van der Waals surface area contributed by atoms with Crippen molar-refractivity contribution in [2.24, 2.45) is 4.99 Å². The highest BCUT2D eigenvalue weighted by molar-refractivity contribution is 8.18. The number of hydrogen-bond donors (Lipinski definition) is 0. The zero-order valence-electron chi connectivity index (χ0n) is 20.2. The number of amidine groups is 1. The van der Waals surface area contributed by atoms with Gasteiger partial charge in [0, 0.05) is 30.4 Å². The van der Waals surface area contributed by atoms with Gasteiger partial charge in [-0.2, -0.15) is 10.1 Å². The lowest BCUT2D eigenvalue weighted by Gasteiger charge is -2.20. The van der Waals surface area contributed by atoms with E-state index in [0.717, 1.165) is 64.9 Å². The van der Waals surface area contributed by atoms with Crippen LogP contribution in [0.4, 0.5) is 0 Å². The Balaban J connectivity index is 1.50. The van der Waals surface area contributed by atoms with Gasteiger partial charge in [-0.25, -0.2) is 4.68 Å². The van der Waals surface area contributed by atoms with Gasteiger partial charge in [0.2, 0.25) is 0 Å². The number of nitrogens with zero attached hydrogens (tertiary/aromatic N) is 4. The maximum Gasteiger partial charge on any atom is 0.286 e. The average molecular weight is 487 g/mol. The second kappa shape index (κ2) is 10.5. The molecule has 0 N–H and O–H groups in total. The molecule has 2 aromatic carbocycles. The second-order valence-corrected chi connectivity index (χ2v) is 9.85. The molecule has 0 atom stereocenters. The zero-order chi connectivity index (χ0) is 24.2. The van der Waals surface area contributed by atoms with Crippen LogP contribution in [0.25, 0.3) is 23.0 Å². The van der Waals surface area contributed by atoms with Crippen molar-refractivity contribution in [3.8, 4) is 22.7 Å². The van der Waals surface area contributed by atoms with Gasteiger partial charge in [-0.3, -0.25) is 4.79 Å². The molecular weight excluding hydrogens is 456 g/mol. The van der Waals surface area contributed by atoms with Gasteiger partial charge in [0.1, 0.15) is 11.4 Å². The van der Waals surface area contributed by atoms with E-state index < -0.39 is 0 Å². The summed E-state index contributed by atoms with van der Waals surface area (Å²) in [5.74, 6) is 0.700. The van der Waals surface area contributed by atoms with E-state index in [9.17, 15) is 4.79 Å². The highest BCUT2D eigenvalue weighted by Crippen LogP contribution is 2.35. The molecule has 180 valence electrons. The number of aromatic nitrogens is 2. The fourth-order valence-electron chi connectivity index (χ4n) is 4.48. The van der Waals surface area contributed by atoms with Gasteiger partial charge in [0.15, 0.2) is 5.17 Å². The molecule has 0 radical (unpaired) electrons. The first kappa shape index (κ1) is 23.4. The number of rotatable bonds is 5. The Morgan fingerprint density at radius 2 is 1.83 bits per heavy atom. The summed E-state index contributed by atoms with van der Waals surface area (Å²) in [5, 5.41) is 5.75. The third kappa shape index (κ3) is 5.20. The number of hydrogen-bond acceptors (Lipinski definition) is 5. The lowest BCUT2D eigenvalue weighted by Crippen LogP contribution is -2.28. The third-order valence-electron chi connectivity index (χ3n) is 6.28. The minimum Gasteiger partial charge on any atom is -0.494 e. The van der Waals surface area contributed by atoms with Crippen LogP contribution in [-0.4, -0.2) is 45.5 Å². The quantitative estimate of drug-likeness (QED) is 0.408. The van der Waals surface area contributed by atoms with Crippen LogP contribution < -0.4 is 4.74 Å². The number of aryl methyl sites for hydroxylation is 1. The molecule has 3 aromatic rings. The van der Waals surface area contributed by atoms with E-state index in [1.165, 1.54) is 24.6 Å². The van der Waals surface area contributed by atoms with Crippen molar-refractivity contribution < 1.29 is 9.53 Å². The zero-order valence-corrected chi connectivity index (χ0v) is 21.1. The maximum absolute atomic E-state index is 12.9. The van der Waals surface area contributed by atoms with Crippen molar-refractivity contribution >= 4 is 28.9 Å². The molecule has 6 nitrogen and oxygen atoms in total.